The summed E-state index contributed by atoms with van der Waals surface area (Å²) in [6.07, 6.45) is 0. The third-order valence-corrected chi connectivity index (χ3v) is 5.42. The van der Waals surface area contributed by atoms with E-state index in [9.17, 15) is 0 Å². The van der Waals surface area contributed by atoms with Crippen LogP contribution in [0, 0.1) is 0 Å². The zero-order valence-electron chi connectivity index (χ0n) is 8.51. The van der Waals surface area contributed by atoms with E-state index in [1.165, 1.54) is 10.6 Å². The second-order valence-corrected chi connectivity index (χ2v) is 6.46. The average molecular weight is 223 g/mol. The average Bonchev–Trinajstić information content (AvgIpc) is 2.33. The Morgan fingerprint density at radius 2 is 1.13 bits per heavy atom. The number of rotatable bonds is 3. The summed E-state index contributed by atoms with van der Waals surface area (Å²) >= 11 is 1.94. The minimum atomic E-state index is -0.261. The van der Waals surface area contributed by atoms with E-state index >= 15 is 0 Å². The van der Waals surface area contributed by atoms with Crippen LogP contribution in [0.25, 0.3) is 0 Å². The fraction of sp³-hybridized carbons (Fsp3) is 0. The maximum atomic E-state index is 2.33. The van der Waals surface area contributed by atoms with Crippen LogP contribution in [0.1, 0.15) is 0 Å². The van der Waals surface area contributed by atoms with Gasteiger partial charge in [-0.2, -0.15) is 0 Å². The zero-order chi connectivity index (χ0) is 10.5. The van der Waals surface area contributed by atoms with Gasteiger partial charge in [-0.05, 0) is 0 Å². The van der Waals surface area contributed by atoms with E-state index in [0.29, 0.717) is 0 Å². The van der Waals surface area contributed by atoms with Crippen LogP contribution < -0.4 is 10.6 Å². The standard InChI is InChI=1S/C13H11P.Mg/c1-14(12-8-4-2-5-9-12)13-10-6-3-7-11-13;/h1-11H;. The van der Waals surface area contributed by atoms with Crippen LogP contribution in [0.4, 0.5) is 0 Å². The van der Waals surface area contributed by atoms with Crippen LogP contribution in [-0.4, -0.2) is 25.1 Å². The van der Waals surface area contributed by atoms with Crippen molar-refractivity contribution in [3.8, 4) is 0 Å². The van der Waals surface area contributed by atoms with Crippen LogP contribution in [0.2, 0.25) is 0 Å². The van der Waals surface area contributed by atoms with E-state index in [-0.39, 0.29) is 7.92 Å². The molecule has 2 aromatic carbocycles. The van der Waals surface area contributed by atoms with Gasteiger partial charge in [0.25, 0.3) is 0 Å². The van der Waals surface area contributed by atoms with Crippen molar-refractivity contribution in [2.24, 2.45) is 0 Å². The summed E-state index contributed by atoms with van der Waals surface area (Å²) < 4.78 is 2.33. The predicted octanol–water partition coefficient (Wildman–Crippen LogP) is 2.05. The van der Waals surface area contributed by atoms with Crippen LogP contribution in [0.15, 0.2) is 60.7 Å². The molecule has 2 heteroatoms. The van der Waals surface area contributed by atoms with Gasteiger partial charge in [0.05, 0.1) is 0 Å². The molecule has 0 heterocycles. The molecule has 2 aromatic rings. The molecule has 0 aliphatic heterocycles. The summed E-state index contributed by atoms with van der Waals surface area (Å²) in [6, 6.07) is 21.4. The summed E-state index contributed by atoms with van der Waals surface area (Å²) in [5.41, 5.74) is 0. The van der Waals surface area contributed by atoms with Gasteiger partial charge in [-0.25, -0.2) is 0 Å². The summed E-state index contributed by atoms with van der Waals surface area (Å²) in [5, 5.41) is 2.85. The van der Waals surface area contributed by atoms with Gasteiger partial charge in [-0.3, -0.25) is 0 Å². The van der Waals surface area contributed by atoms with Gasteiger partial charge in [0.1, 0.15) is 0 Å². The first-order valence-electron chi connectivity index (χ1n) is 4.94. The second-order valence-electron chi connectivity index (χ2n) is 3.22. The Hall–Kier alpha value is -0.494. The van der Waals surface area contributed by atoms with Crippen molar-refractivity contribution < 1.29 is 0 Å². The van der Waals surface area contributed by atoms with Gasteiger partial charge < -0.3 is 0 Å². The molecule has 0 aromatic heterocycles. The molecule has 0 spiro atoms. The van der Waals surface area contributed by atoms with Crippen molar-refractivity contribution in [3.05, 3.63) is 60.7 Å². The first-order valence-corrected chi connectivity index (χ1v) is 7.16. The van der Waals surface area contributed by atoms with Crippen molar-refractivity contribution in [2.75, 3.05) is 0 Å². The summed E-state index contributed by atoms with van der Waals surface area (Å²) in [6.45, 7) is 0. The molecule has 0 fully saturated rings. The Morgan fingerprint density at radius 1 is 0.733 bits per heavy atom. The molecule has 0 atom stereocenters. The van der Waals surface area contributed by atoms with Crippen LogP contribution in [-0.2, 0) is 0 Å². The van der Waals surface area contributed by atoms with E-state index in [4.69, 9.17) is 0 Å². The molecular formula is C13H11MgP. The SMILES string of the molecule is [Mg]=[CH]P(c1ccccc1)c1ccccc1. The Bertz CT molecular complexity index is 385. The topological polar surface area (TPSA) is 0 Å². The molecule has 0 bridgehead atoms. The van der Waals surface area contributed by atoms with Gasteiger partial charge in [0.2, 0.25) is 0 Å². The molecule has 0 radical (unpaired) electrons. The minimum absolute atomic E-state index is 0.261. The van der Waals surface area contributed by atoms with E-state index in [1.807, 2.05) is 21.2 Å². The van der Waals surface area contributed by atoms with Crippen LogP contribution >= 0.6 is 7.92 Å². The van der Waals surface area contributed by atoms with Gasteiger partial charge in [0.15, 0.2) is 0 Å². The van der Waals surface area contributed by atoms with Crippen molar-refractivity contribution in [3.63, 3.8) is 0 Å². The Labute approximate surface area is 104 Å². The third kappa shape index (κ3) is 2.75. The monoisotopic (exact) mass is 222 g/mol. The number of benzene rings is 2. The first kappa shape index (κ1) is 11.0. The Balaban J connectivity index is 2.38. The predicted molar refractivity (Wildman–Crippen MR) is 70.9 cm³/mol. The normalized spacial score (nSPS) is 10.3. The molecule has 0 saturated heterocycles. The Morgan fingerprint density at radius 3 is 1.47 bits per heavy atom. The third-order valence-electron chi connectivity index (χ3n) is 2.25. The van der Waals surface area contributed by atoms with E-state index < -0.39 is 0 Å². The fourth-order valence-electron chi connectivity index (χ4n) is 1.54. The quantitative estimate of drug-likeness (QED) is 0.551. The Kier molecular flexibility index (Phi) is 4.07. The van der Waals surface area contributed by atoms with Crippen molar-refractivity contribution in [1.82, 2.24) is 0 Å². The molecule has 0 saturated carbocycles. The summed E-state index contributed by atoms with van der Waals surface area (Å²) in [4.78, 5) is 0. The van der Waals surface area contributed by atoms with Crippen LogP contribution in [0.3, 0.4) is 0 Å². The molecule has 0 nitrogen and oxygen atoms in total. The molecule has 0 N–H and O–H groups in total. The summed E-state index contributed by atoms with van der Waals surface area (Å²) in [7, 11) is -0.261. The van der Waals surface area contributed by atoms with Gasteiger partial charge in [-0.1, -0.05) is 0 Å². The zero-order valence-corrected chi connectivity index (χ0v) is 10.8. The van der Waals surface area contributed by atoms with Gasteiger partial charge >= 0.3 is 104 Å². The van der Waals surface area contributed by atoms with Crippen LogP contribution in [0.5, 0.6) is 0 Å². The number of hydrogen-bond donors (Lipinski definition) is 0. The molecular weight excluding hydrogens is 211 g/mol. The molecule has 15 heavy (non-hydrogen) atoms. The van der Waals surface area contributed by atoms with E-state index in [1.54, 1.807) is 0 Å². The maximum absolute atomic E-state index is 2.33. The molecule has 2 rings (SSSR count). The van der Waals surface area contributed by atoms with E-state index in [0.717, 1.165) is 0 Å². The molecule has 0 amide bonds. The molecule has 0 unspecified atom stereocenters. The fourth-order valence-corrected chi connectivity index (χ4v) is 4.51. The molecule has 0 aliphatic carbocycles. The van der Waals surface area contributed by atoms with Gasteiger partial charge in [-0.15, -0.1) is 0 Å². The van der Waals surface area contributed by atoms with Crippen molar-refractivity contribution in [1.29, 1.82) is 0 Å². The van der Waals surface area contributed by atoms with E-state index in [2.05, 4.69) is 64.5 Å². The molecule has 0 aliphatic rings. The van der Waals surface area contributed by atoms with Gasteiger partial charge in [0, 0.05) is 0 Å². The number of hydrogen-bond acceptors (Lipinski definition) is 0. The summed E-state index contributed by atoms with van der Waals surface area (Å²) in [5.74, 6) is 0. The van der Waals surface area contributed by atoms with Crippen molar-refractivity contribution >= 4 is 43.6 Å². The second kappa shape index (κ2) is 5.55. The van der Waals surface area contributed by atoms with Crippen molar-refractivity contribution in [2.45, 2.75) is 0 Å². The first-order chi connectivity index (χ1) is 7.42. The molecule has 70 valence electrons.